The molecule has 0 amide bonds. The van der Waals surface area contributed by atoms with Gasteiger partial charge in [-0.25, -0.2) is 0 Å². The zero-order valence-corrected chi connectivity index (χ0v) is 40.5. The first-order valence-electron chi connectivity index (χ1n) is 25.8. The minimum atomic E-state index is -0.608. The topological polar surface area (TPSA) is 8.17 Å². The molecule has 3 aliphatic rings. The highest BCUT2D eigenvalue weighted by atomic mass is 15.1. The van der Waals surface area contributed by atoms with Gasteiger partial charge in [-0.05, 0) is 126 Å². The highest BCUT2D eigenvalue weighted by molar-refractivity contribution is 6.14. The molecule has 344 valence electrons. The molecule has 1 aromatic heterocycles. The van der Waals surface area contributed by atoms with E-state index in [1.165, 1.54) is 116 Å². The van der Waals surface area contributed by atoms with Gasteiger partial charge >= 0.3 is 0 Å². The van der Waals surface area contributed by atoms with Crippen molar-refractivity contribution in [2.45, 2.75) is 10.8 Å². The average Bonchev–Trinajstić information content (AvgIpc) is 4.23. The molecule has 1 aliphatic heterocycles. The largest absolute Gasteiger partial charge is 0.310 e. The summed E-state index contributed by atoms with van der Waals surface area (Å²) in [7, 11) is 0. The monoisotopic (exact) mass is 938 g/mol. The smallest absolute Gasteiger partial charge is 0.0755 e. The Kier molecular flexibility index (Phi) is 8.62. The first-order valence-corrected chi connectivity index (χ1v) is 25.8. The van der Waals surface area contributed by atoms with E-state index in [2.05, 4.69) is 289 Å². The molecule has 0 radical (unpaired) electrons. The Bertz CT molecular complexity index is 4380. The van der Waals surface area contributed by atoms with Crippen LogP contribution >= 0.6 is 0 Å². The highest BCUT2D eigenvalue weighted by Crippen LogP contribution is 2.63. The van der Waals surface area contributed by atoms with E-state index in [-0.39, 0.29) is 0 Å². The number of aromatic nitrogens is 1. The molecule has 1 unspecified atom stereocenters. The molecule has 0 fully saturated rings. The lowest BCUT2D eigenvalue weighted by Gasteiger charge is -2.40. The predicted molar refractivity (Wildman–Crippen MR) is 307 cm³/mol. The van der Waals surface area contributed by atoms with Crippen molar-refractivity contribution in [3.63, 3.8) is 0 Å². The maximum Gasteiger partial charge on any atom is 0.0755 e. The van der Waals surface area contributed by atoms with Gasteiger partial charge in [0, 0.05) is 27.5 Å². The molecule has 1 spiro atoms. The van der Waals surface area contributed by atoms with Crippen LogP contribution in [-0.4, -0.2) is 4.57 Å². The molecule has 16 rings (SSSR count). The molecule has 74 heavy (non-hydrogen) atoms. The van der Waals surface area contributed by atoms with Gasteiger partial charge in [-0.3, -0.25) is 0 Å². The molecular formula is C72H46N2. The number of fused-ring (bicyclic) bond motifs is 17. The van der Waals surface area contributed by atoms with Gasteiger partial charge in [-0.1, -0.05) is 237 Å². The molecule has 0 saturated carbocycles. The van der Waals surface area contributed by atoms with E-state index in [4.69, 9.17) is 0 Å². The van der Waals surface area contributed by atoms with E-state index >= 15 is 0 Å². The minimum absolute atomic E-state index is 0.595. The molecule has 0 saturated heterocycles. The quantitative estimate of drug-likeness (QED) is 0.161. The highest BCUT2D eigenvalue weighted by Gasteiger charge is 2.52. The summed E-state index contributed by atoms with van der Waals surface area (Å²) in [5.41, 5.74) is 23.6. The van der Waals surface area contributed by atoms with Crippen LogP contribution in [0.5, 0.6) is 0 Å². The fourth-order valence-corrected chi connectivity index (χ4v) is 14.0. The summed E-state index contributed by atoms with van der Waals surface area (Å²) in [6.45, 7) is 0. The summed E-state index contributed by atoms with van der Waals surface area (Å²) >= 11 is 0. The van der Waals surface area contributed by atoms with Gasteiger partial charge in [-0.15, -0.1) is 0 Å². The van der Waals surface area contributed by atoms with Crippen molar-refractivity contribution in [2.75, 3.05) is 4.90 Å². The van der Waals surface area contributed by atoms with Crippen molar-refractivity contribution >= 4 is 49.6 Å². The van der Waals surface area contributed by atoms with Crippen LogP contribution in [0.4, 0.5) is 17.1 Å². The lowest BCUT2D eigenvalue weighted by molar-refractivity contribution is 0.748. The zero-order valence-electron chi connectivity index (χ0n) is 40.5. The van der Waals surface area contributed by atoms with Gasteiger partial charge in [-0.2, -0.15) is 0 Å². The molecule has 2 heteroatoms. The van der Waals surface area contributed by atoms with E-state index in [0.717, 1.165) is 17.1 Å². The maximum absolute atomic E-state index is 2.56. The Balaban J connectivity index is 1.02. The number of hydrogen-bond acceptors (Lipinski definition) is 1. The Morgan fingerprint density at radius 2 is 0.824 bits per heavy atom. The second-order valence-electron chi connectivity index (χ2n) is 20.2. The molecule has 12 aromatic carbocycles. The summed E-state index contributed by atoms with van der Waals surface area (Å²) in [5.74, 6) is 0. The fourth-order valence-electron chi connectivity index (χ4n) is 14.0. The molecule has 2 nitrogen and oxygen atoms in total. The Hall–Kier alpha value is -9.50. The van der Waals surface area contributed by atoms with Crippen LogP contribution < -0.4 is 4.90 Å². The Morgan fingerprint density at radius 1 is 0.297 bits per heavy atom. The lowest BCUT2D eigenvalue weighted by atomic mass is 9.65. The van der Waals surface area contributed by atoms with E-state index in [9.17, 15) is 0 Å². The number of benzene rings is 12. The molecule has 2 aliphatic carbocycles. The summed E-state index contributed by atoms with van der Waals surface area (Å²) in [6, 6.07) is 105. The van der Waals surface area contributed by atoms with Gasteiger partial charge in [0.15, 0.2) is 0 Å². The van der Waals surface area contributed by atoms with Crippen LogP contribution in [0.15, 0.2) is 279 Å². The van der Waals surface area contributed by atoms with E-state index in [1.807, 2.05) is 0 Å². The van der Waals surface area contributed by atoms with Crippen LogP contribution in [0.2, 0.25) is 0 Å². The summed E-state index contributed by atoms with van der Waals surface area (Å²) in [6.07, 6.45) is 0. The first kappa shape index (κ1) is 41.2. The van der Waals surface area contributed by atoms with Crippen molar-refractivity contribution in [1.29, 1.82) is 0 Å². The van der Waals surface area contributed by atoms with Crippen molar-refractivity contribution in [3.8, 4) is 39.1 Å². The summed E-state index contributed by atoms with van der Waals surface area (Å²) < 4.78 is 2.53. The van der Waals surface area contributed by atoms with Crippen LogP contribution in [0.3, 0.4) is 0 Å². The van der Waals surface area contributed by atoms with Gasteiger partial charge < -0.3 is 9.47 Å². The fraction of sp³-hybridized carbons (Fsp3) is 0.0278. The number of para-hydroxylation sites is 3. The van der Waals surface area contributed by atoms with Gasteiger partial charge in [0.1, 0.15) is 0 Å². The third-order valence-corrected chi connectivity index (χ3v) is 16.8. The summed E-state index contributed by atoms with van der Waals surface area (Å²) in [5, 5.41) is 4.98. The van der Waals surface area contributed by atoms with E-state index < -0.39 is 10.8 Å². The van der Waals surface area contributed by atoms with Crippen molar-refractivity contribution in [3.05, 3.63) is 324 Å². The maximum atomic E-state index is 2.56. The number of anilines is 3. The van der Waals surface area contributed by atoms with E-state index in [1.54, 1.807) is 0 Å². The molecule has 1 atom stereocenters. The van der Waals surface area contributed by atoms with Gasteiger partial charge in [0.25, 0.3) is 0 Å². The van der Waals surface area contributed by atoms with Crippen LogP contribution in [-0.2, 0) is 10.8 Å². The standard InChI is InChI=1S/C72H46N2/c1-4-21-47(22-5-1)48-39-41-51(42-40-48)73(68-46-65-69(57-30-11-10-28-55(57)68)59-31-13-16-34-61(59)71(65,49-23-6-2-7-24-49)50-25-8-3-9-26-50)52-43-44-54-53-27-12-15-33-60(53)72(64(54)45-52)62-35-17-19-38-67(62)74-66-37-18-14-29-56(66)58-32-20-36-63(72)70(58)74/h1-46H. The van der Waals surface area contributed by atoms with Gasteiger partial charge in [0.05, 0.1) is 33.2 Å². The second-order valence-corrected chi connectivity index (χ2v) is 20.2. The van der Waals surface area contributed by atoms with Crippen LogP contribution in [0.1, 0.15) is 44.5 Å². The number of nitrogens with zero attached hydrogens (tertiary/aromatic N) is 2. The predicted octanol–water partition coefficient (Wildman–Crippen LogP) is 18.1. The van der Waals surface area contributed by atoms with Gasteiger partial charge in [0.2, 0.25) is 0 Å². The van der Waals surface area contributed by atoms with Crippen molar-refractivity contribution < 1.29 is 0 Å². The lowest BCUT2D eigenvalue weighted by Crippen LogP contribution is -2.33. The van der Waals surface area contributed by atoms with Crippen LogP contribution in [0.25, 0.3) is 71.6 Å². The third kappa shape index (κ3) is 5.33. The number of hydrogen-bond donors (Lipinski definition) is 0. The van der Waals surface area contributed by atoms with Crippen molar-refractivity contribution in [1.82, 2.24) is 4.57 Å². The SMILES string of the molecule is c1ccc(-c2ccc(N(c3ccc4c(c3)C3(c5ccccc5-4)c4ccccc4-n4c5ccccc5c5cccc3c54)c3cc4c(c5ccccc35)-c3ccccc3C4(c3ccccc3)c3ccccc3)cc2)cc1. The van der Waals surface area contributed by atoms with E-state index in [0.29, 0.717) is 0 Å². The second kappa shape index (κ2) is 15.5. The molecular weight excluding hydrogens is 893 g/mol. The molecule has 13 aromatic rings. The Morgan fingerprint density at radius 3 is 1.57 bits per heavy atom. The molecule has 0 bridgehead atoms. The summed E-state index contributed by atoms with van der Waals surface area (Å²) in [4.78, 5) is 2.56. The Labute approximate surface area is 430 Å². The minimum Gasteiger partial charge on any atom is -0.310 e. The normalized spacial score (nSPS) is 15.2. The van der Waals surface area contributed by atoms with Crippen molar-refractivity contribution in [2.24, 2.45) is 0 Å². The molecule has 2 heterocycles. The van der Waals surface area contributed by atoms with Crippen LogP contribution in [0, 0.1) is 0 Å². The average molecular weight is 939 g/mol. The molecule has 0 N–H and O–H groups in total. The first-order chi connectivity index (χ1) is 36.7. The number of rotatable bonds is 6. The zero-order chi connectivity index (χ0) is 48.5. The third-order valence-electron chi connectivity index (χ3n) is 16.8.